The highest BCUT2D eigenvalue weighted by Crippen LogP contribution is 1.89. The third-order valence-corrected chi connectivity index (χ3v) is 1.71. The van der Waals surface area contributed by atoms with E-state index in [9.17, 15) is 0 Å². The van der Waals surface area contributed by atoms with E-state index >= 15 is 0 Å². The van der Waals surface area contributed by atoms with Gasteiger partial charge in [0.15, 0.2) is 0 Å². The van der Waals surface area contributed by atoms with Gasteiger partial charge in [-0.1, -0.05) is 13.8 Å². The summed E-state index contributed by atoms with van der Waals surface area (Å²) in [6.07, 6.45) is 3.29. The first kappa shape index (κ1) is 8.20. The first-order valence-corrected chi connectivity index (χ1v) is 3.91. The van der Waals surface area contributed by atoms with E-state index in [0.29, 0.717) is 0 Å². The van der Waals surface area contributed by atoms with Gasteiger partial charge < -0.3 is 0 Å². The second kappa shape index (κ2) is 4.08. The van der Waals surface area contributed by atoms with Gasteiger partial charge in [0.1, 0.15) is 12.7 Å². The van der Waals surface area contributed by atoms with E-state index in [1.54, 1.807) is 12.7 Å². The maximum Gasteiger partial charge on any atom is 0.137 e. The Balaban J connectivity index is 2.41. The summed E-state index contributed by atoms with van der Waals surface area (Å²) in [6.45, 7) is 7.22. The molecule has 0 saturated carbocycles. The van der Waals surface area contributed by atoms with E-state index in [4.69, 9.17) is 0 Å². The predicted octanol–water partition coefficient (Wildman–Crippen LogP) is 0.577. The minimum absolute atomic E-state index is 0.840. The van der Waals surface area contributed by atoms with Gasteiger partial charge in [0.25, 0.3) is 0 Å². The second-order valence-corrected chi connectivity index (χ2v) is 2.38. The largest absolute Gasteiger partial charge is 0.285 e. The van der Waals surface area contributed by atoms with E-state index in [0.717, 1.165) is 19.8 Å². The Hall–Kier alpha value is -0.900. The van der Waals surface area contributed by atoms with Gasteiger partial charge in [0.05, 0.1) is 6.67 Å². The van der Waals surface area contributed by atoms with Crippen LogP contribution in [-0.2, 0) is 6.67 Å². The van der Waals surface area contributed by atoms with Gasteiger partial charge in [-0.15, -0.1) is 0 Å². The summed E-state index contributed by atoms with van der Waals surface area (Å²) in [6, 6.07) is 0. The maximum atomic E-state index is 4.02. The number of aromatic nitrogens is 3. The van der Waals surface area contributed by atoms with Crippen molar-refractivity contribution in [1.82, 2.24) is 19.7 Å². The Labute approximate surface area is 66.8 Å². The average molecular weight is 154 g/mol. The van der Waals surface area contributed by atoms with Crippen LogP contribution in [0.3, 0.4) is 0 Å². The van der Waals surface area contributed by atoms with E-state index in [2.05, 4.69) is 28.8 Å². The quantitative estimate of drug-likeness (QED) is 0.636. The summed E-state index contributed by atoms with van der Waals surface area (Å²) in [5.74, 6) is 0. The molecular formula is C7H14N4. The molecule has 62 valence electrons. The van der Waals surface area contributed by atoms with Crippen LogP contribution in [0.15, 0.2) is 12.7 Å². The monoisotopic (exact) mass is 154 g/mol. The Kier molecular flexibility index (Phi) is 3.04. The molecule has 0 N–H and O–H groups in total. The highest BCUT2D eigenvalue weighted by atomic mass is 15.4. The summed E-state index contributed by atoms with van der Waals surface area (Å²) >= 11 is 0. The normalized spacial score (nSPS) is 10.8. The molecule has 11 heavy (non-hydrogen) atoms. The lowest BCUT2D eigenvalue weighted by molar-refractivity contribution is 0.229. The fourth-order valence-corrected chi connectivity index (χ4v) is 0.934. The molecular weight excluding hydrogens is 140 g/mol. The Morgan fingerprint density at radius 1 is 1.36 bits per heavy atom. The van der Waals surface area contributed by atoms with Crippen molar-refractivity contribution in [3.63, 3.8) is 0 Å². The van der Waals surface area contributed by atoms with Crippen molar-refractivity contribution in [1.29, 1.82) is 0 Å². The molecule has 0 bridgehead atoms. The molecule has 0 radical (unpaired) electrons. The zero-order valence-corrected chi connectivity index (χ0v) is 7.06. The summed E-state index contributed by atoms with van der Waals surface area (Å²) in [5, 5.41) is 4.02. The van der Waals surface area contributed by atoms with Crippen molar-refractivity contribution in [2.24, 2.45) is 0 Å². The van der Waals surface area contributed by atoms with Crippen LogP contribution < -0.4 is 0 Å². The first-order chi connectivity index (χ1) is 5.36. The highest BCUT2D eigenvalue weighted by Gasteiger charge is 1.98. The van der Waals surface area contributed by atoms with Crippen LogP contribution in [0.2, 0.25) is 0 Å². The molecule has 0 fully saturated rings. The molecule has 0 aromatic carbocycles. The molecule has 1 heterocycles. The molecule has 0 spiro atoms. The number of hydrogen-bond acceptors (Lipinski definition) is 3. The summed E-state index contributed by atoms with van der Waals surface area (Å²) < 4.78 is 1.83. The standard InChI is InChI=1S/C7H14N4/c1-3-10(4-2)7-11-6-8-5-9-11/h5-6H,3-4,7H2,1-2H3. The molecule has 0 aliphatic carbocycles. The van der Waals surface area contributed by atoms with Crippen molar-refractivity contribution >= 4 is 0 Å². The average Bonchev–Trinajstić information content (AvgIpc) is 2.52. The molecule has 4 nitrogen and oxygen atoms in total. The van der Waals surface area contributed by atoms with Crippen molar-refractivity contribution < 1.29 is 0 Å². The maximum absolute atomic E-state index is 4.02. The van der Waals surface area contributed by atoms with Crippen molar-refractivity contribution in [3.05, 3.63) is 12.7 Å². The van der Waals surface area contributed by atoms with Crippen LogP contribution in [0.5, 0.6) is 0 Å². The summed E-state index contributed by atoms with van der Waals surface area (Å²) in [7, 11) is 0. The Morgan fingerprint density at radius 3 is 2.55 bits per heavy atom. The minimum atomic E-state index is 0.840. The third-order valence-electron chi connectivity index (χ3n) is 1.71. The molecule has 1 aromatic rings. The molecule has 1 aromatic heterocycles. The van der Waals surface area contributed by atoms with Gasteiger partial charge in [-0.25, -0.2) is 9.67 Å². The van der Waals surface area contributed by atoms with Gasteiger partial charge in [-0.2, -0.15) is 5.10 Å². The molecule has 0 saturated heterocycles. The van der Waals surface area contributed by atoms with E-state index < -0.39 is 0 Å². The molecule has 0 unspecified atom stereocenters. The zero-order valence-electron chi connectivity index (χ0n) is 7.06. The van der Waals surface area contributed by atoms with Gasteiger partial charge in [-0.05, 0) is 13.1 Å². The Morgan fingerprint density at radius 2 is 2.09 bits per heavy atom. The lowest BCUT2D eigenvalue weighted by Crippen LogP contribution is -2.26. The molecule has 4 heteroatoms. The van der Waals surface area contributed by atoms with Crippen LogP contribution in [0.1, 0.15) is 13.8 Å². The van der Waals surface area contributed by atoms with Gasteiger partial charge >= 0.3 is 0 Å². The third kappa shape index (κ3) is 2.31. The molecule has 1 rings (SSSR count). The van der Waals surface area contributed by atoms with Crippen LogP contribution in [0, 0.1) is 0 Å². The summed E-state index contributed by atoms with van der Waals surface area (Å²) in [5.41, 5.74) is 0. The predicted molar refractivity (Wildman–Crippen MR) is 42.9 cm³/mol. The van der Waals surface area contributed by atoms with Crippen LogP contribution in [-0.4, -0.2) is 32.8 Å². The van der Waals surface area contributed by atoms with Crippen molar-refractivity contribution in [2.75, 3.05) is 13.1 Å². The molecule has 0 aliphatic rings. The van der Waals surface area contributed by atoms with Crippen molar-refractivity contribution in [3.8, 4) is 0 Å². The fourth-order valence-electron chi connectivity index (χ4n) is 0.934. The second-order valence-electron chi connectivity index (χ2n) is 2.38. The minimum Gasteiger partial charge on any atom is -0.285 e. The number of hydrogen-bond donors (Lipinski definition) is 0. The van der Waals surface area contributed by atoms with Gasteiger partial charge in [-0.3, -0.25) is 4.90 Å². The van der Waals surface area contributed by atoms with Crippen molar-refractivity contribution in [2.45, 2.75) is 20.5 Å². The number of nitrogens with zero attached hydrogens (tertiary/aromatic N) is 4. The number of rotatable bonds is 4. The summed E-state index contributed by atoms with van der Waals surface area (Å²) in [4.78, 5) is 6.14. The SMILES string of the molecule is CCN(CC)Cn1cncn1. The fraction of sp³-hybridized carbons (Fsp3) is 0.714. The van der Waals surface area contributed by atoms with Gasteiger partial charge in [0.2, 0.25) is 0 Å². The topological polar surface area (TPSA) is 34.0 Å². The van der Waals surface area contributed by atoms with Crippen LogP contribution in [0.4, 0.5) is 0 Å². The lowest BCUT2D eigenvalue weighted by Gasteiger charge is -2.16. The van der Waals surface area contributed by atoms with E-state index in [1.807, 2.05) is 4.68 Å². The van der Waals surface area contributed by atoms with Gasteiger partial charge in [0, 0.05) is 0 Å². The molecule has 0 atom stereocenters. The van der Waals surface area contributed by atoms with Crippen LogP contribution >= 0.6 is 0 Å². The van der Waals surface area contributed by atoms with Crippen LogP contribution in [0.25, 0.3) is 0 Å². The lowest BCUT2D eigenvalue weighted by atomic mass is 10.5. The van der Waals surface area contributed by atoms with E-state index in [-0.39, 0.29) is 0 Å². The molecule has 0 aliphatic heterocycles. The smallest absolute Gasteiger partial charge is 0.137 e. The molecule has 0 amide bonds. The first-order valence-electron chi connectivity index (χ1n) is 3.91. The van der Waals surface area contributed by atoms with E-state index in [1.165, 1.54) is 0 Å². The highest BCUT2D eigenvalue weighted by molar-refractivity contribution is 4.56. The Bertz CT molecular complexity index is 178. The zero-order chi connectivity index (χ0) is 8.10.